The highest BCUT2D eigenvalue weighted by Crippen LogP contribution is 2.58. The Hall–Kier alpha value is -4.53. The van der Waals surface area contributed by atoms with Crippen LogP contribution in [0.4, 0.5) is 16.2 Å². The van der Waals surface area contributed by atoms with Crippen molar-refractivity contribution in [1.82, 2.24) is 39.0 Å². The lowest BCUT2D eigenvalue weighted by Crippen LogP contribution is -2.36. The first-order valence-electron chi connectivity index (χ1n) is 18.4. The summed E-state index contributed by atoms with van der Waals surface area (Å²) in [5.74, 6) is -1.92. The maximum atomic E-state index is 16.8. The third-order valence-electron chi connectivity index (χ3n) is 9.29. The van der Waals surface area contributed by atoms with Crippen molar-refractivity contribution in [3.63, 3.8) is 0 Å². The molecular formula is C32H43FN10O16P2. The molecule has 29 heteroatoms. The van der Waals surface area contributed by atoms with Crippen LogP contribution in [-0.2, 0) is 64.8 Å². The third kappa shape index (κ3) is 9.18. The van der Waals surface area contributed by atoms with Crippen LogP contribution in [0.25, 0.3) is 22.3 Å². The van der Waals surface area contributed by atoms with E-state index in [9.17, 15) is 28.6 Å². The van der Waals surface area contributed by atoms with E-state index in [-0.39, 0.29) is 34.1 Å². The molecule has 10 atom stereocenters. The lowest BCUT2D eigenvalue weighted by molar-refractivity contribution is -0.162. The molecule has 7 heterocycles. The van der Waals surface area contributed by atoms with Crippen LogP contribution in [0.3, 0.4) is 0 Å². The average Bonchev–Trinajstić information content (AvgIpc) is 3.94. The zero-order chi connectivity index (χ0) is 44.2. The zero-order valence-corrected chi connectivity index (χ0v) is 35.1. The van der Waals surface area contributed by atoms with E-state index in [0.717, 1.165) is 28.1 Å². The standard InChI is InChI=1S/C32H43FN10O16P2/c1-31(2,3)28(46)50-12-54-60(48)52-7-14-19(44)21(27(56-14)43-11-39-18-24(43)40-30(35)41-25(18)45)59-61(49,55-13-51-29(47)32(4,5)6)53-8-15-20(58-60)16(33)26(57-15)42-10-38-17-22(34)36-9-37-23(17)42/h9-11,14-16,19-21,26-27,44H,7-8,12-13H2,1-6H3,(H2,34,36,37)(H3,35,40,41,45)/t14?,15-,16?,19?,20?,21?,26?,27-,60?,61?/m1/s1. The topological polar surface area (TPSA) is 340 Å². The van der Waals surface area contributed by atoms with Crippen LogP contribution in [-0.4, -0.2) is 120 Å². The number of phosphoric ester groups is 2. The summed E-state index contributed by atoms with van der Waals surface area (Å²) in [4.78, 5) is 60.4. The summed E-state index contributed by atoms with van der Waals surface area (Å²) in [6.07, 6.45) is -11.2. The first-order valence-corrected chi connectivity index (χ1v) is 21.3. The predicted octanol–water partition coefficient (Wildman–Crippen LogP) is 1.78. The Morgan fingerprint density at radius 2 is 1.38 bits per heavy atom. The van der Waals surface area contributed by atoms with E-state index in [4.69, 9.17) is 57.6 Å². The fourth-order valence-corrected chi connectivity index (χ4v) is 8.59. The van der Waals surface area contributed by atoms with E-state index < -0.39 is 120 Å². The number of aliphatic hydroxyl groups excluding tert-OH is 1. The summed E-state index contributed by atoms with van der Waals surface area (Å²) in [5.41, 5.74) is 8.65. The number of aromatic nitrogens is 8. The van der Waals surface area contributed by atoms with E-state index in [1.807, 2.05) is 0 Å². The van der Waals surface area contributed by atoms with E-state index in [2.05, 4.69) is 29.9 Å². The van der Waals surface area contributed by atoms with Gasteiger partial charge in [0.2, 0.25) is 19.5 Å². The molecule has 4 aromatic rings. The summed E-state index contributed by atoms with van der Waals surface area (Å²) in [6.45, 7) is 5.40. The maximum absolute atomic E-state index is 16.8. The molecule has 334 valence electrons. The Morgan fingerprint density at radius 1 is 0.836 bits per heavy atom. The Bertz CT molecular complexity index is 2460. The fourth-order valence-electron chi connectivity index (χ4n) is 6.10. The Labute approximate surface area is 343 Å². The number of anilines is 2. The number of ether oxygens (including phenoxy) is 4. The van der Waals surface area contributed by atoms with Gasteiger partial charge in [0.15, 0.2) is 41.3 Å². The van der Waals surface area contributed by atoms with Gasteiger partial charge in [-0.15, -0.1) is 0 Å². The van der Waals surface area contributed by atoms with Crippen molar-refractivity contribution >= 4 is 61.7 Å². The van der Waals surface area contributed by atoms with Gasteiger partial charge < -0.3 is 35.5 Å². The second-order valence-electron chi connectivity index (χ2n) is 15.9. The van der Waals surface area contributed by atoms with Gasteiger partial charge in [-0.25, -0.2) is 42.5 Å². The zero-order valence-electron chi connectivity index (χ0n) is 33.3. The molecule has 3 fully saturated rings. The highest BCUT2D eigenvalue weighted by atomic mass is 31.2. The average molecular weight is 905 g/mol. The van der Waals surface area contributed by atoms with Gasteiger partial charge in [0.25, 0.3) is 5.56 Å². The number of fused-ring (bicyclic) bond motifs is 5. The molecule has 61 heavy (non-hydrogen) atoms. The summed E-state index contributed by atoms with van der Waals surface area (Å²) in [5, 5.41) is 11.7. The minimum Gasteiger partial charge on any atom is -0.437 e. The van der Waals surface area contributed by atoms with Crippen molar-refractivity contribution in [3.8, 4) is 0 Å². The number of nitrogens with two attached hydrogens (primary N) is 2. The minimum absolute atomic E-state index is 0.0247. The number of aliphatic hydroxyl groups is 1. The van der Waals surface area contributed by atoms with Gasteiger partial charge in [-0.2, -0.15) is 4.98 Å². The van der Waals surface area contributed by atoms with Gasteiger partial charge in [0.05, 0.1) is 36.7 Å². The Kier molecular flexibility index (Phi) is 12.1. The number of alkyl halides is 1. The first kappa shape index (κ1) is 44.5. The molecule has 0 saturated carbocycles. The third-order valence-corrected chi connectivity index (χ3v) is 12.1. The smallest absolute Gasteiger partial charge is 0.437 e. The SMILES string of the molecule is CC(C)(C)C(=O)OCOP1(=O)OC[C@H]2OC(n3cnc4c(N)ncnc43)C(F)C2OP(=O)(OCOC(=O)C(C)(C)C)OCC2O[C@@H](n3cnc4c(=O)[nH]c(N)nc43)C(O1)C2O. The number of aromatic amines is 1. The van der Waals surface area contributed by atoms with E-state index >= 15 is 4.39 Å². The summed E-state index contributed by atoms with van der Waals surface area (Å²) in [7, 11) is -10.3. The molecule has 3 saturated heterocycles. The van der Waals surface area contributed by atoms with Crippen molar-refractivity contribution in [1.29, 1.82) is 0 Å². The first-order chi connectivity index (χ1) is 28.6. The molecule has 3 aliphatic heterocycles. The molecule has 0 radical (unpaired) electrons. The van der Waals surface area contributed by atoms with Crippen LogP contribution < -0.4 is 17.0 Å². The number of hydrogen-bond acceptors (Lipinski definition) is 23. The van der Waals surface area contributed by atoms with Crippen LogP contribution in [0.5, 0.6) is 0 Å². The van der Waals surface area contributed by atoms with Crippen LogP contribution >= 0.6 is 15.6 Å². The molecule has 4 aromatic heterocycles. The van der Waals surface area contributed by atoms with Gasteiger partial charge in [-0.05, 0) is 41.5 Å². The second-order valence-corrected chi connectivity index (χ2v) is 19.2. The number of carbonyl (C=O) groups excluding carboxylic acids is 2. The Balaban J connectivity index is 1.27. The normalized spacial score (nSPS) is 31.3. The lowest BCUT2D eigenvalue weighted by atomic mass is 9.98. The van der Waals surface area contributed by atoms with Crippen molar-refractivity contribution in [2.45, 2.75) is 90.7 Å². The summed E-state index contributed by atoms with van der Waals surface area (Å²) in [6, 6.07) is 0. The van der Waals surface area contributed by atoms with Crippen molar-refractivity contribution in [2.24, 2.45) is 10.8 Å². The molecule has 6 N–H and O–H groups in total. The van der Waals surface area contributed by atoms with Crippen LogP contribution in [0, 0.1) is 10.8 Å². The number of H-pyrrole nitrogens is 1. The van der Waals surface area contributed by atoms with Crippen LogP contribution in [0.15, 0.2) is 23.8 Å². The number of rotatable bonds is 8. The lowest BCUT2D eigenvalue weighted by Gasteiger charge is -2.28. The van der Waals surface area contributed by atoms with Crippen LogP contribution in [0.1, 0.15) is 54.0 Å². The molecule has 0 aromatic carbocycles. The molecule has 26 nitrogen and oxygen atoms in total. The molecule has 2 bridgehead atoms. The predicted molar refractivity (Wildman–Crippen MR) is 201 cm³/mol. The largest absolute Gasteiger partial charge is 0.478 e. The highest BCUT2D eigenvalue weighted by Gasteiger charge is 2.56. The van der Waals surface area contributed by atoms with Crippen molar-refractivity contribution < 1.29 is 74.3 Å². The number of hydrogen-bond donors (Lipinski definition) is 4. The van der Waals surface area contributed by atoms with Crippen LogP contribution in [0.2, 0.25) is 0 Å². The minimum atomic E-state index is -5.14. The quantitative estimate of drug-likeness (QED) is 0.111. The fraction of sp³-hybridized carbons (Fsp3) is 0.625. The highest BCUT2D eigenvalue weighted by molar-refractivity contribution is 7.48. The molecule has 7 rings (SSSR count). The summed E-state index contributed by atoms with van der Waals surface area (Å²) < 4.78 is 104. The summed E-state index contributed by atoms with van der Waals surface area (Å²) >= 11 is 0. The number of carbonyl (C=O) groups is 2. The monoisotopic (exact) mass is 904 g/mol. The van der Waals surface area contributed by atoms with Gasteiger partial charge in [-0.1, -0.05) is 0 Å². The molecule has 8 unspecified atom stereocenters. The van der Waals surface area contributed by atoms with Gasteiger partial charge in [0, 0.05) is 0 Å². The molecule has 0 spiro atoms. The van der Waals surface area contributed by atoms with Gasteiger partial charge in [0.1, 0.15) is 42.4 Å². The van der Waals surface area contributed by atoms with E-state index in [1.165, 1.54) is 0 Å². The number of nitrogen functional groups attached to an aromatic ring is 2. The second kappa shape index (κ2) is 16.6. The molecule has 3 aliphatic rings. The number of esters is 2. The number of halogens is 1. The van der Waals surface area contributed by atoms with E-state index in [1.54, 1.807) is 41.5 Å². The molecule has 0 aliphatic carbocycles. The molecular weight excluding hydrogens is 861 g/mol. The molecule has 0 amide bonds. The number of nitrogens with one attached hydrogen (secondary N) is 1. The number of phosphoric acid groups is 2. The number of nitrogens with zero attached hydrogens (tertiary/aromatic N) is 7. The number of imidazole rings is 2. The van der Waals surface area contributed by atoms with Gasteiger partial charge >= 0.3 is 27.6 Å². The van der Waals surface area contributed by atoms with Crippen molar-refractivity contribution in [3.05, 3.63) is 29.3 Å². The van der Waals surface area contributed by atoms with Gasteiger partial charge in [-0.3, -0.25) is 46.6 Å². The van der Waals surface area contributed by atoms with Crippen molar-refractivity contribution in [2.75, 3.05) is 38.3 Å². The Morgan fingerprint density at radius 3 is 1.98 bits per heavy atom. The van der Waals surface area contributed by atoms with E-state index in [0.29, 0.717) is 0 Å². The maximum Gasteiger partial charge on any atom is 0.478 e.